The molecule has 1 N–H and O–H groups in total. The number of fused-ring (bicyclic) bond motifs is 2. The van der Waals surface area contributed by atoms with Crippen molar-refractivity contribution in [2.45, 2.75) is 19.3 Å². The van der Waals surface area contributed by atoms with Crippen molar-refractivity contribution in [1.29, 1.82) is 0 Å². The van der Waals surface area contributed by atoms with Crippen molar-refractivity contribution >= 4 is 17.5 Å². The van der Waals surface area contributed by atoms with Crippen molar-refractivity contribution in [2.75, 3.05) is 18.5 Å². The molecule has 3 aromatic rings. The van der Waals surface area contributed by atoms with Gasteiger partial charge < -0.3 is 14.8 Å². The van der Waals surface area contributed by atoms with Crippen molar-refractivity contribution < 1.29 is 23.5 Å². The fraction of sp³-hybridized carbons (Fsp3) is 0.227. The van der Waals surface area contributed by atoms with Gasteiger partial charge in [0.25, 0.3) is 0 Å². The van der Waals surface area contributed by atoms with E-state index in [1.807, 2.05) is 0 Å². The van der Waals surface area contributed by atoms with Gasteiger partial charge in [0.2, 0.25) is 5.91 Å². The fourth-order valence-corrected chi connectivity index (χ4v) is 3.96. The summed E-state index contributed by atoms with van der Waals surface area (Å²) in [5.74, 6) is -0.111. The normalized spacial score (nSPS) is 17.3. The van der Waals surface area contributed by atoms with Gasteiger partial charge in [0.05, 0.1) is 17.3 Å². The number of hydrogen-bond donors (Lipinski definition) is 1. The number of nitrogens with one attached hydrogen (secondary N) is 1. The molecule has 0 saturated carbocycles. The van der Waals surface area contributed by atoms with E-state index in [0.29, 0.717) is 53.0 Å². The number of aryl methyl sites for hydroxylation is 1. The van der Waals surface area contributed by atoms with Crippen molar-refractivity contribution in [2.24, 2.45) is 0 Å². The minimum Gasteiger partial charge on any atom is -0.486 e. The Balaban J connectivity index is 1.57. The van der Waals surface area contributed by atoms with Crippen LogP contribution in [0.15, 0.2) is 42.5 Å². The zero-order valence-electron chi connectivity index (χ0n) is 16.1. The number of carbonyl (C=O) groups is 2. The largest absolute Gasteiger partial charge is 0.486 e. The number of nitrogens with zero attached hydrogens (tertiary/aromatic N) is 2. The van der Waals surface area contributed by atoms with Crippen molar-refractivity contribution in [3.63, 3.8) is 0 Å². The van der Waals surface area contributed by atoms with Gasteiger partial charge in [-0.2, -0.15) is 5.10 Å². The summed E-state index contributed by atoms with van der Waals surface area (Å²) in [4.78, 5) is 25.8. The lowest BCUT2D eigenvalue weighted by molar-refractivity contribution is -0.116. The molecule has 1 aromatic heterocycles. The maximum atomic E-state index is 13.7. The second kappa shape index (κ2) is 6.98. The van der Waals surface area contributed by atoms with E-state index in [2.05, 4.69) is 10.4 Å². The lowest BCUT2D eigenvalue weighted by atomic mass is 9.85. The predicted octanol–water partition coefficient (Wildman–Crippen LogP) is 3.40. The molecule has 0 radical (unpaired) electrons. The number of ketones is 1. The first-order valence-corrected chi connectivity index (χ1v) is 9.60. The summed E-state index contributed by atoms with van der Waals surface area (Å²) in [6.45, 7) is 2.65. The first-order chi connectivity index (χ1) is 14.5. The molecule has 1 atom stereocenters. The maximum Gasteiger partial charge on any atom is 0.226 e. The summed E-state index contributed by atoms with van der Waals surface area (Å²) in [6, 6.07) is 10.9. The molecule has 7 nitrogen and oxygen atoms in total. The third kappa shape index (κ3) is 3.01. The average Bonchev–Trinajstić information content (AvgIpc) is 3.08. The fourth-order valence-electron chi connectivity index (χ4n) is 3.96. The molecule has 2 aliphatic rings. The molecule has 1 amide bonds. The molecule has 0 spiro atoms. The number of halogens is 1. The first kappa shape index (κ1) is 18.4. The quantitative estimate of drug-likeness (QED) is 0.673. The van der Waals surface area contributed by atoms with Crippen LogP contribution in [0, 0.1) is 12.7 Å². The lowest BCUT2D eigenvalue weighted by Gasteiger charge is -2.24. The molecule has 0 fully saturated rings. The number of anilines is 1. The first-order valence-electron chi connectivity index (χ1n) is 9.60. The summed E-state index contributed by atoms with van der Waals surface area (Å²) < 4.78 is 26.3. The molecule has 2 aromatic carbocycles. The molecule has 0 saturated heterocycles. The SMILES string of the molecule is Cc1nn(-c2cccc(F)c2)c2c1[C@H](C(=O)c1ccc3c(c1)OCCO3)CC(=O)N2. The van der Waals surface area contributed by atoms with E-state index in [1.54, 1.807) is 37.3 Å². The summed E-state index contributed by atoms with van der Waals surface area (Å²) in [5, 5.41) is 7.27. The molecule has 2 aliphatic heterocycles. The second-order valence-electron chi connectivity index (χ2n) is 7.27. The van der Waals surface area contributed by atoms with Crippen LogP contribution >= 0.6 is 0 Å². The number of hydrogen-bond acceptors (Lipinski definition) is 5. The third-order valence-electron chi connectivity index (χ3n) is 5.30. The van der Waals surface area contributed by atoms with Crippen LogP contribution in [0.2, 0.25) is 0 Å². The highest BCUT2D eigenvalue weighted by Crippen LogP contribution is 2.39. The van der Waals surface area contributed by atoms with Crippen LogP contribution in [0.1, 0.15) is 34.0 Å². The molecule has 0 aliphatic carbocycles. The van der Waals surface area contributed by atoms with Gasteiger partial charge in [0.1, 0.15) is 24.8 Å². The van der Waals surface area contributed by atoms with Gasteiger partial charge in [-0.3, -0.25) is 9.59 Å². The molecule has 8 heteroatoms. The highest BCUT2D eigenvalue weighted by molar-refractivity contribution is 6.08. The van der Waals surface area contributed by atoms with E-state index < -0.39 is 11.7 Å². The van der Waals surface area contributed by atoms with E-state index in [1.165, 1.54) is 16.8 Å². The second-order valence-corrected chi connectivity index (χ2v) is 7.27. The number of ether oxygens (including phenoxy) is 2. The molecular formula is C22H18FN3O4. The summed E-state index contributed by atoms with van der Waals surface area (Å²) in [7, 11) is 0. The molecule has 3 heterocycles. The Bertz CT molecular complexity index is 1190. The number of benzene rings is 2. The number of carbonyl (C=O) groups excluding carboxylic acids is 2. The smallest absolute Gasteiger partial charge is 0.226 e. The minimum atomic E-state index is -0.696. The van der Waals surface area contributed by atoms with Crippen molar-refractivity contribution in [3.05, 3.63) is 65.1 Å². The van der Waals surface area contributed by atoms with Crippen LogP contribution in [-0.4, -0.2) is 34.7 Å². The van der Waals surface area contributed by atoms with Crippen LogP contribution < -0.4 is 14.8 Å². The van der Waals surface area contributed by atoms with E-state index in [0.717, 1.165) is 0 Å². The number of Topliss-reactive ketones (excluding diaryl/α,β-unsaturated/α-hetero) is 1. The van der Waals surface area contributed by atoms with Gasteiger partial charge in [-0.1, -0.05) is 6.07 Å². The molecule has 0 unspecified atom stereocenters. The van der Waals surface area contributed by atoms with E-state index in [-0.39, 0.29) is 18.1 Å². The zero-order chi connectivity index (χ0) is 20.8. The Morgan fingerprint density at radius 3 is 2.77 bits per heavy atom. The Hall–Kier alpha value is -3.68. The molecule has 0 bridgehead atoms. The van der Waals surface area contributed by atoms with Gasteiger partial charge in [-0.15, -0.1) is 0 Å². The zero-order valence-corrected chi connectivity index (χ0v) is 16.1. The average molecular weight is 407 g/mol. The highest BCUT2D eigenvalue weighted by Gasteiger charge is 2.36. The van der Waals surface area contributed by atoms with E-state index in [9.17, 15) is 14.0 Å². The van der Waals surface area contributed by atoms with Crippen LogP contribution in [0.25, 0.3) is 5.69 Å². The maximum absolute atomic E-state index is 13.7. The Kier molecular flexibility index (Phi) is 4.27. The van der Waals surface area contributed by atoms with E-state index in [4.69, 9.17) is 9.47 Å². The molecule has 5 rings (SSSR count). The van der Waals surface area contributed by atoms with Crippen LogP contribution in [-0.2, 0) is 4.79 Å². The van der Waals surface area contributed by atoms with Crippen molar-refractivity contribution in [1.82, 2.24) is 9.78 Å². The Morgan fingerprint density at radius 1 is 1.17 bits per heavy atom. The van der Waals surface area contributed by atoms with Gasteiger partial charge in [0.15, 0.2) is 17.3 Å². The predicted molar refractivity (Wildman–Crippen MR) is 106 cm³/mol. The van der Waals surface area contributed by atoms with E-state index >= 15 is 0 Å². The summed E-state index contributed by atoms with van der Waals surface area (Å²) >= 11 is 0. The molecule has 30 heavy (non-hydrogen) atoms. The third-order valence-corrected chi connectivity index (χ3v) is 5.30. The summed E-state index contributed by atoms with van der Waals surface area (Å²) in [5.41, 5.74) is 2.14. The Morgan fingerprint density at radius 2 is 1.97 bits per heavy atom. The van der Waals surface area contributed by atoms with Crippen molar-refractivity contribution in [3.8, 4) is 17.2 Å². The van der Waals surface area contributed by atoms with Gasteiger partial charge >= 0.3 is 0 Å². The molecular weight excluding hydrogens is 389 g/mol. The van der Waals surface area contributed by atoms with Crippen LogP contribution in [0.4, 0.5) is 10.2 Å². The van der Waals surface area contributed by atoms with Crippen LogP contribution in [0.3, 0.4) is 0 Å². The monoisotopic (exact) mass is 407 g/mol. The highest BCUT2D eigenvalue weighted by atomic mass is 19.1. The number of aromatic nitrogens is 2. The topological polar surface area (TPSA) is 82.5 Å². The lowest BCUT2D eigenvalue weighted by Crippen LogP contribution is -2.28. The van der Waals surface area contributed by atoms with Gasteiger partial charge in [0, 0.05) is 17.5 Å². The molecule has 152 valence electrons. The number of rotatable bonds is 3. The summed E-state index contributed by atoms with van der Waals surface area (Å²) in [6.07, 6.45) is 0.00988. The number of amides is 1. The minimum absolute atomic E-state index is 0.00988. The Labute approximate surface area is 171 Å². The van der Waals surface area contributed by atoms with Gasteiger partial charge in [-0.25, -0.2) is 9.07 Å². The van der Waals surface area contributed by atoms with Gasteiger partial charge in [-0.05, 0) is 43.3 Å². The standard InChI is InChI=1S/C22H18FN3O4/c1-12-20-16(21(28)13-5-6-17-18(9-13)30-8-7-29-17)11-19(27)24-22(20)26(25-12)15-4-2-3-14(23)10-15/h2-6,9-10,16H,7-8,11H2,1H3,(H,24,27)/t16-/m1/s1. The van der Waals surface area contributed by atoms with Crippen LogP contribution in [0.5, 0.6) is 11.5 Å².